The number of aryl methyl sites for hydroxylation is 1. The van der Waals surface area contributed by atoms with Crippen LogP contribution in [-0.4, -0.2) is 41.7 Å². The van der Waals surface area contributed by atoms with Gasteiger partial charge in [-0.25, -0.2) is 4.79 Å². The Morgan fingerprint density at radius 3 is 2.39 bits per heavy atom. The van der Waals surface area contributed by atoms with Crippen LogP contribution in [-0.2, 0) is 23.2 Å². The lowest BCUT2D eigenvalue weighted by atomic mass is 9.79. The number of hydrogen-bond acceptors (Lipinski definition) is 3. The topological polar surface area (TPSA) is 49.8 Å². The summed E-state index contributed by atoms with van der Waals surface area (Å²) in [6.07, 6.45) is 5.71. The van der Waals surface area contributed by atoms with Gasteiger partial charge in [-0.15, -0.1) is 0 Å². The highest BCUT2D eigenvalue weighted by Gasteiger charge is 2.24. The van der Waals surface area contributed by atoms with E-state index < -0.39 is 5.97 Å². The number of rotatable bonds is 9. The molecule has 2 aromatic rings. The zero-order chi connectivity index (χ0) is 22.3. The number of unbranched alkanes of at least 4 members (excludes halogenated alkanes) is 1. The zero-order valence-electron chi connectivity index (χ0n) is 19.3. The van der Waals surface area contributed by atoms with Gasteiger partial charge < -0.3 is 14.7 Å². The summed E-state index contributed by atoms with van der Waals surface area (Å²) in [6, 6.07) is 16.1. The van der Waals surface area contributed by atoms with E-state index in [2.05, 4.69) is 56.0 Å². The minimum atomic E-state index is -0.830. The number of hydrogen-bond donors (Lipinski definition) is 1. The highest BCUT2D eigenvalue weighted by molar-refractivity contribution is 5.90. The smallest absolute Gasteiger partial charge is 0.335 e. The first-order chi connectivity index (χ1) is 14.8. The van der Waals surface area contributed by atoms with Crippen molar-refractivity contribution in [3.05, 3.63) is 70.8 Å². The average molecular weight is 424 g/mol. The third kappa shape index (κ3) is 6.91. The molecular formula is C27H37NO3. The fraction of sp³-hybridized carbons (Fsp3) is 0.519. The van der Waals surface area contributed by atoms with Crippen LogP contribution in [0.1, 0.15) is 73.5 Å². The Kier molecular flexibility index (Phi) is 8.28. The Bertz CT molecular complexity index is 833. The molecule has 168 valence electrons. The third-order valence-electron chi connectivity index (χ3n) is 6.16. The maximum Gasteiger partial charge on any atom is 0.335 e. The number of nitrogens with zero attached hydrogens (tertiary/aromatic N) is 1. The van der Waals surface area contributed by atoms with Gasteiger partial charge in [0.05, 0.1) is 18.3 Å². The molecule has 3 rings (SSSR count). The molecular weight excluding hydrogens is 386 g/mol. The molecule has 1 N–H and O–H groups in total. The quantitative estimate of drug-likeness (QED) is 0.527. The first kappa shape index (κ1) is 23.5. The minimum absolute atomic E-state index is 0.175. The fourth-order valence-electron chi connectivity index (χ4n) is 4.61. The second-order valence-corrected chi connectivity index (χ2v) is 9.69. The van der Waals surface area contributed by atoms with Crippen LogP contribution >= 0.6 is 0 Å². The lowest BCUT2D eigenvalue weighted by Gasteiger charge is -2.32. The van der Waals surface area contributed by atoms with Crippen LogP contribution in [0.5, 0.6) is 0 Å². The van der Waals surface area contributed by atoms with Crippen molar-refractivity contribution in [2.75, 3.05) is 19.6 Å². The van der Waals surface area contributed by atoms with E-state index in [-0.39, 0.29) is 5.41 Å². The molecule has 1 aliphatic heterocycles. The van der Waals surface area contributed by atoms with E-state index in [9.17, 15) is 9.90 Å². The normalized spacial score (nSPS) is 15.8. The predicted octanol–water partition coefficient (Wildman–Crippen LogP) is 5.69. The summed E-state index contributed by atoms with van der Waals surface area (Å²) < 4.78 is 6.10. The van der Waals surface area contributed by atoms with Crippen LogP contribution in [0.2, 0.25) is 0 Å². The molecule has 0 atom stereocenters. The standard InChI is InChI=1S/C27H37NO3/c1-27(2,3)25-22(13-9-14-24(25)26(29)30)12-7-8-17-28-18-15-23(16-19-28)31-20-21-10-5-4-6-11-21/h4-6,9-11,13-14,23H,7-8,12,15-20H2,1-3H3,(H,29,30). The number of benzene rings is 2. The molecule has 0 bridgehead atoms. The molecule has 4 nitrogen and oxygen atoms in total. The van der Waals surface area contributed by atoms with Crippen LogP contribution in [0.4, 0.5) is 0 Å². The predicted molar refractivity (Wildman–Crippen MR) is 126 cm³/mol. The van der Waals surface area contributed by atoms with Gasteiger partial charge in [0.1, 0.15) is 0 Å². The highest BCUT2D eigenvalue weighted by atomic mass is 16.5. The molecule has 1 heterocycles. The van der Waals surface area contributed by atoms with E-state index in [1.165, 1.54) is 11.1 Å². The van der Waals surface area contributed by atoms with E-state index in [0.717, 1.165) is 57.3 Å². The van der Waals surface area contributed by atoms with Gasteiger partial charge in [-0.1, -0.05) is 63.2 Å². The van der Waals surface area contributed by atoms with Crippen LogP contribution in [0.25, 0.3) is 0 Å². The molecule has 1 aliphatic rings. The molecule has 2 aromatic carbocycles. The molecule has 4 heteroatoms. The van der Waals surface area contributed by atoms with Crippen molar-refractivity contribution in [1.29, 1.82) is 0 Å². The summed E-state index contributed by atoms with van der Waals surface area (Å²) in [7, 11) is 0. The van der Waals surface area contributed by atoms with E-state index in [4.69, 9.17) is 4.74 Å². The van der Waals surface area contributed by atoms with Crippen molar-refractivity contribution >= 4 is 5.97 Å². The van der Waals surface area contributed by atoms with Gasteiger partial charge in [0.25, 0.3) is 0 Å². The average Bonchev–Trinajstić information content (AvgIpc) is 2.76. The molecule has 0 saturated carbocycles. The number of piperidine rings is 1. The van der Waals surface area contributed by atoms with Gasteiger partial charge >= 0.3 is 5.97 Å². The lowest BCUT2D eigenvalue weighted by Crippen LogP contribution is -2.37. The number of aromatic carboxylic acids is 1. The summed E-state index contributed by atoms with van der Waals surface area (Å²) in [5.74, 6) is -0.830. The highest BCUT2D eigenvalue weighted by Crippen LogP contribution is 2.30. The SMILES string of the molecule is CC(C)(C)c1c(CCCCN2CCC(OCc3ccccc3)CC2)cccc1C(=O)O. The summed E-state index contributed by atoms with van der Waals surface area (Å²) in [4.78, 5) is 14.2. The third-order valence-corrected chi connectivity index (χ3v) is 6.16. The number of ether oxygens (including phenoxy) is 1. The van der Waals surface area contributed by atoms with Gasteiger partial charge in [-0.2, -0.15) is 0 Å². The second-order valence-electron chi connectivity index (χ2n) is 9.69. The van der Waals surface area contributed by atoms with Crippen molar-refractivity contribution < 1.29 is 14.6 Å². The number of carboxylic acids is 1. The Morgan fingerprint density at radius 2 is 1.74 bits per heavy atom. The molecule has 0 spiro atoms. The summed E-state index contributed by atoms with van der Waals surface area (Å²) >= 11 is 0. The zero-order valence-corrected chi connectivity index (χ0v) is 19.3. The van der Waals surface area contributed by atoms with Gasteiger partial charge in [-0.3, -0.25) is 0 Å². The Labute approximate surface area is 187 Å². The lowest BCUT2D eigenvalue weighted by molar-refractivity contribution is -0.00262. The molecule has 0 radical (unpaired) electrons. The Hall–Kier alpha value is -2.17. The van der Waals surface area contributed by atoms with E-state index in [0.29, 0.717) is 18.3 Å². The van der Waals surface area contributed by atoms with Crippen LogP contribution in [0.3, 0.4) is 0 Å². The van der Waals surface area contributed by atoms with Crippen molar-refractivity contribution in [3.63, 3.8) is 0 Å². The van der Waals surface area contributed by atoms with Crippen molar-refractivity contribution in [3.8, 4) is 0 Å². The molecule has 0 unspecified atom stereocenters. The molecule has 0 aliphatic carbocycles. The van der Waals surface area contributed by atoms with Crippen molar-refractivity contribution in [2.24, 2.45) is 0 Å². The van der Waals surface area contributed by atoms with Crippen LogP contribution < -0.4 is 0 Å². The molecule has 1 saturated heterocycles. The van der Waals surface area contributed by atoms with E-state index >= 15 is 0 Å². The monoisotopic (exact) mass is 423 g/mol. The van der Waals surface area contributed by atoms with E-state index in [1.807, 2.05) is 12.1 Å². The molecule has 0 aromatic heterocycles. The summed E-state index contributed by atoms with van der Waals surface area (Å²) in [6.45, 7) is 10.3. The maximum absolute atomic E-state index is 11.7. The summed E-state index contributed by atoms with van der Waals surface area (Å²) in [5.41, 5.74) is 3.68. The van der Waals surface area contributed by atoms with Crippen molar-refractivity contribution in [2.45, 2.75) is 71.0 Å². The van der Waals surface area contributed by atoms with Gasteiger partial charge in [0.2, 0.25) is 0 Å². The first-order valence-electron chi connectivity index (χ1n) is 11.6. The van der Waals surface area contributed by atoms with E-state index in [1.54, 1.807) is 6.07 Å². The molecule has 1 fully saturated rings. The second kappa shape index (κ2) is 10.9. The fourth-order valence-corrected chi connectivity index (χ4v) is 4.61. The van der Waals surface area contributed by atoms with Gasteiger partial charge in [0, 0.05) is 13.1 Å². The maximum atomic E-state index is 11.7. The molecule has 31 heavy (non-hydrogen) atoms. The van der Waals surface area contributed by atoms with Crippen LogP contribution in [0, 0.1) is 0 Å². The summed E-state index contributed by atoms with van der Waals surface area (Å²) in [5, 5.41) is 9.60. The largest absolute Gasteiger partial charge is 0.478 e. The number of carboxylic acid groups (broad SMARTS) is 1. The van der Waals surface area contributed by atoms with Crippen molar-refractivity contribution in [1.82, 2.24) is 4.90 Å². The number of likely N-dealkylation sites (tertiary alicyclic amines) is 1. The van der Waals surface area contributed by atoms with Gasteiger partial charge in [0.15, 0.2) is 0 Å². The van der Waals surface area contributed by atoms with Gasteiger partial charge in [-0.05, 0) is 66.8 Å². The molecule has 0 amide bonds. The minimum Gasteiger partial charge on any atom is -0.478 e. The van der Waals surface area contributed by atoms with Crippen LogP contribution in [0.15, 0.2) is 48.5 Å². The Morgan fingerprint density at radius 1 is 1.03 bits per heavy atom. The Balaban J connectivity index is 1.41. The first-order valence-corrected chi connectivity index (χ1v) is 11.6. The number of carbonyl (C=O) groups is 1.